The van der Waals surface area contributed by atoms with Gasteiger partial charge in [-0.1, -0.05) is 6.58 Å². The van der Waals surface area contributed by atoms with Gasteiger partial charge in [-0.2, -0.15) is 0 Å². The summed E-state index contributed by atoms with van der Waals surface area (Å²) >= 11 is 1.48. The van der Waals surface area contributed by atoms with Crippen LogP contribution < -0.4 is 5.32 Å². The van der Waals surface area contributed by atoms with Gasteiger partial charge in [0.2, 0.25) is 0 Å². The number of hydrogen-bond donors (Lipinski definition) is 1. The Morgan fingerprint density at radius 1 is 1.54 bits per heavy atom. The second kappa shape index (κ2) is 7.84. The minimum Gasteiger partial charge on any atom is -0.462 e. The minimum absolute atomic E-state index is 0.256. The molecule has 13 heavy (non-hydrogen) atoms. The molecular formula is C7H10INO4. The van der Waals surface area contributed by atoms with Crippen molar-refractivity contribution >= 4 is 35.1 Å². The highest BCUT2D eigenvalue weighted by molar-refractivity contribution is 14.1. The zero-order chi connectivity index (χ0) is 10.1. The molecule has 0 aliphatic heterocycles. The van der Waals surface area contributed by atoms with Gasteiger partial charge in [-0.05, 0) is 6.42 Å². The molecule has 0 spiro atoms. The minimum atomic E-state index is -0.504. The number of hydrogen-bond acceptors (Lipinski definition) is 4. The maximum atomic E-state index is 10.5. The third-order valence-corrected chi connectivity index (χ3v) is 1.47. The molecule has 1 N–H and O–H groups in total. The molecule has 0 aliphatic carbocycles. The van der Waals surface area contributed by atoms with Gasteiger partial charge in [0.15, 0.2) is 23.0 Å². The lowest BCUT2D eigenvalue weighted by molar-refractivity contribution is -0.137. The van der Waals surface area contributed by atoms with Gasteiger partial charge in [-0.15, -0.1) is 0 Å². The summed E-state index contributed by atoms with van der Waals surface area (Å²) in [4.78, 5) is 21.0. The molecule has 0 heterocycles. The van der Waals surface area contributed by atoms with Gasteiger partial charge in [0.1, 0.15) is 0 Å². The molecule has 0 aliphatic rings. The SMILES string of the molecule is C=CC(=O)OCCCNC(=O)OI. The number of nitrogens with one attached hydrogen (secondary N) is 1. The fraction of sp³-hybridized carbons (Fsp3) is 0.429. The fourth-order valence-corrected chi connectivity index (χ4v) is 0.677. The molecule has 74 valence electrons. The zero-order valence-electron chi connectivity index (χ0n) is 6.92. The molecule has 0 rings (SSSR count). The van der Waals surface area contributed by atoms with Crippen molar-refractivity contribution in [3.63, 3.8) is 0 Å². The molecule has 0 atom stereocenters. The predicted octanol–water partition coefficient (Wildman–Crippen LogP) is 1.18. The summed E-state index contributed by atoms with van der Waals surface area (Å²) in [6, 6.07) is 0. The Kier molecular flexibility index (Phi) is 7.36. The number of carbonyl (C=O) groups is 2. The molecule has 6 heteroatoms. The van der Waals surface area contributed by atoms with E-state index >= 15 is 0 Å². The van der Waals surface area contributed by atoms with E-state index in [1.54, 1.807) is 0 Å². The highest BCUT2D eigenvalue weighted by Gasteiger charge is 1.98. The van der Waals surface area contributed by atoms with E-state index in [4.69, 9.17) is 0 Å². The molecule has 0 radical (unpaired) electrons. The van der Waals surface area contributed by atoms with Gasteiger partial charge >= 0.3 is 12.1 Å². The number of rotatable bonds is 5. The lowest BCUT2D eigenvalue weighted by Gasteiger charge is -2.02. The van der Waals surface area contributed by atoms with E-state index in [0.717, 1.165) is 6.08 Å². The maximum absolute atomic E-state index is 10.5. The van der Waals surface area contributed by atoms with Crippen molar-refractivity contribution in [1.29, 1.82) is 0 Å². The van der Waals surface area contributed by atoms with Crippen LogP contribution >= 0.6 is 23.0 Å². The van der Waals surface area contributed by atoms with Crippen LogP contribution in [0.5, 0.6) is 0 Å². The van der Waals surface area contributed by atoms with Crippen molar-refractivity contribution in [2.75, 3.05) is 13.2 Å². The Labute approximate surface area is 90.2 Å². The molecular weight excluding hydrogens is 289 g/mol. The first-order chi connectivity index (χ1) is 6.20. The summed E-state index contributed by atoms with van der Waals surface area (Å²) in [5, 5.41) is 2.44. The number of amides is 1. The van der Waals surface area contributed by atoms with Gasteiger partial charge in [0, 0.05) is 12.6 Å². The average molecular weight is 299 g/mol. The second-order valence-corrected chi connectivity index (χ2v) is 2.46. The molecule has 0 aromatic rings. The summed E-state index contributed by atoms with van der Waals surface area (Å²) in [6.45, 7) is 3.90. The van der Waals surface area contributed by atoms with E-state index < -0.39 is 12.1 Å². The van der Waals surface area contributed by atoms with Crippen molar-refractivity contribution < 1.29 is 17.4 Å². The Bertz CT molecular complexity index is 195. The first-order valence-electron chi connectivity index (χ1n) is 3.56. The molecule has 1 amide bonds. The smallest absolute Gasteiger partial charge is 0.416 e. The van der Waals surface area contributed by atoms with Gasteiger partial charge in [-0.3, -0.25) is 0 Å². The number of ether oxygens (including phenoxy) is 1. The van der Waals surface area contributed by atoms with Crippen molar-refractivity contribution in [1.82, 2.24) is 5.32 Å². The summed E-state index contributed by atoms with van der Waals surface area (Å²) in [5.74, 6) is -0.462. The summed E-state index contributed by atoms with van der Waals surface area (Å²) < 4.78 is 8.95. The average Bonchev–Trinajstić information content (AvgIpc) is 2.16. The van der Waals surface area contributed by atoms with Crippen LogP contribution in [-0.2, 0) is 12.6 Å². The summed E-state index contributed by atoms with van der Waals surface area (Å²) in [7, 11) is 0. The van der Waals surface area contributed by atoms with Crippen LogP contribution in [-0.4, -0.2) is 25.2 Å². The molecule has 0 unspecified atom stereocenters. The van der Waals surface area contributed by atoms with Crippen LogP contribution in [0.4, 0.5) is 4.79 Å². The molecule has 0 fully saturated rings. The first-order valence-corrected chi connectivity index (χ1v) is 4.44. The Balaban J connectivity index is 3.21. The topological polar surface area (TPSA) is 64.6 Å². The summed E-state index contributed by atoms with van der Waals surface area (Å²) in [6.07, 6.45) is 1.13. The predicted molar refractivity (Wildman–Crippen MR) is 54.3 cm³/mol. The molecule has 0 saturated carbocycles. The van der Waals surface area contributed by atoms with Crippen molar-refractivity contribution in [3.05, 3.63) is 12.7 Å². The standard InChI is InChI=1S/C7H10INO4/c1-2-6(10)12-5-3-4-9-7(11)13-8/h2H,1,3-5H2,(H,9,11). The third-order valence-electron chi connectivity index (χ3n) is 1.07. The lowest BCUT2D eigenvalue weighted by atomic mass is 10.4. The van der Waals surface area contributed by atoms with Gasteiger partial charge < -0.3 is 13.1 Å². The van der Waals surface area contributed by atoms with Crippen molar-refractivity contribution in [2.45, 2.75) is 6.42 Å². The second-order valence-electron chi connectivity index (χ2n) is 2.02. The first kappa shape index (κ1) is 12.2. The fourth-order valence-electron chi connectivity index (χ4n) is 0.522. The van der Waals surface area contributed by atoms with Crippen molar-refractivity contribution in [2.24, 2.45) is 0 Å². The van der Waals surface area contributed by atoms with E-state index in [9.17, 15) is 9.59 Å². The van der Waals surface area contributed by atoms with Crippen LogP contribution in [0.1, 0.15) is 6.42 Å². The largest absolute Gasteiger partial charge is 0.462 e. The highest BCUT2D eigenvalue weighted by Crippen LogP contribution is 1.87. The molecule has 0 saturated heterocycles. The Hall–Kier alpha value is -0.790. The Morgan fingerprint density at radius 2 is 2.23 bits per heavy atom. The van der Waals surface area contributed by atoms with Gasteiger partial charge in [0.05, 0.1) is 6.61 Å². The lowest BCUT2D eigenvalue weighted by Crippen LogP contribution is -2.23. The molecule has 5 nitrogen and oxygen atoms in total. The van der Waals surface area contributed by atoms with E-state index in [0.29, 0.717) is 13.0 Å². The van der Waals surface area contributed by atoms with Crippen LogP contribution in [0.3, 0.4) is 0 Å². The summed E-state index contributed by atoms with van der Waals surface area (Å²) in [5.41, 5.74) is 0. The normalized spacial score (nSPS) is 8.69. The van der Waals surface area contributed by atoms with Gasteiger partial charge in [0.25, 0.3) is 0 Å². The molecule has 0 aromatic heterocycles. The van der Waals surface area contributed by atoms with E-state index in [-0.39, 0.29) is 6.61 Å². The van der Waals surface area contributed by atoms with E-state index in [2.05, 4.69) is 19.7 Å². The monoisotopic (exact) mass is 299 g/mol. The Morgan fingerprint density at radius 3 is 2.77 bits per heavy atom. The number of carbonyl (C=O) groups excluding carboxylic acids is 2. The number of esters is 1. The molecule has 0 bridgehead atoms. The van der Waals surface area contributed by atoms with E-state index in [1.165, 1.54) is 23.0 Å². The van der Waals surface area contributed by atoms with Crippen LogP contribution in [0.2, 0.25) is 0 Å². The van der Waals surface area contributed by atoms with Gasteiger partial charge in [-0.25, -0.2) is 9.59 Å². The number of halogens is 1. The van der Waals surface area contributed by atoms with Crippen molar-refractivity contribution in [3.8, 4) is 0 Å². The van der Waals surface area contributed by atoms with Crippen LogP contribution in [0.25, 0.3) is 0 Å². The third kappa shape index (κ3) is 7.57. The molecule has 0 aromatic carbocycles. The highest BCUT2D eigenvalue weighted by atomic mass is 127. The van der Waals surface area contributed by atoms with E-state index in [1.807, 2.05) is 0 Å². The van der Waals surface area contributed by atoms with Crippen LogP contribution in [0, 0.1) is 0 Å². The van der Waals surface area contributed by atoms with Crippen LogP contribution in [0.15, 0.2) is 12.7 Å². The zero-order valence-corrected chi connectivity index (χ0v) is 9.07. The maximum Gasteiger partial charge on any atom is 0.416 e. The quantitative estimate of drug-likeness (QED) is 0.358.